The fraction of sp³-hybridized carbons (Fsp3) is 0.917. The van der Waals surface area contributed by atoms with Gasteiger partial charge in [0.1, 0.15) is 6.04 Å². The van der Waals surface area contributed by atoms with Crippen LogP contribution in [0.5, 0.6) is 0 Å². The summed E-state index contributed by atoms with van der Waals surface area (Å²) < 4.78 is 0. The van der Waals surface area contributed by atoms with Crippen LogP contribution >= 0.6 is 0 Å². The van der Waals surface area contributed by atoms with E-state index in [1.807, 2.05) is 7.05 Å². The Morgan fingerprint density at radius 1 is 1.44 bits per heavy atom. The molecule has 1 saturated carbocycles. The van der Waals surface area contributed by atoms with Crippen molar-refractivity contribution >= 4 is 5.91 Å². The summed E-state index contributed by atoms with van der Waals surface area (Å²) in [5.41, 5.74) is 5.72. The third-order valence-corrected chi connectivity index (χ3v) is 3.92. The molecule has 2 rings (SSSR count). The SMILES string of the molecule is CN1CCC(C)(C)N(C2CC2)C(=O)C1CN. The van der Waals surface area contributed by atoms with Crippen LogP contribution in [0.1, 0.15) is 33.1 Å². The van der Waals surface area contributed by atoms with Gasteiger partial charge in [-0.2, -0.15) is 0 Å². The molecule has 0 spiro atoms. The minimum absolute atomic E-state index is 0.0174. The third-order valence-electron chi connectivity index (χ3n) is 3.92. The molecule has 4 heteroatoms. The molecule has 2 N–H and O–H groups in total. The van der Waals surface area contributed by atoms with Gasteiger partial charge in [-0.3, -0.25) is 9.69 Å². The number of likely N-dealkylation sites (N-methyl/N-ethyl adjacent to an activating group) is 1. The Bertz CT molecular complexity index is 286. The maximum absolute atomic E-state index is 12.5. The first-order chi connectivity index (χ1) is 7.47. The van der Waals surface area contributed by atoms with Crippen LogP contribution < -0.4 is 5.73 Å². The van der Waals surface area contributed by atoms with Crippen molar-refractivity contribution in [3.05, 3.63) is 0 Å². The van der Waals surface area contributed by atoms with E-state index in [0.29, 0.717) is 12.6 Å². The van der Waals surface area contributed by atoms with Crippen molar-refractivity contribution in [3.63, 3.8) is 0 Å². The van der Waals surface area contributed by atoms with Crippen LogP contribution in [-0.4, -0.2) is 53.5 Å². The fourth-order valence-corrected chi connectivity index (χ4v) is 2.66. The number of nitrogens with two attached hydrogens (primary N) is 1. The topological polar surface area (TPSA) is 49.6 Å². The molecule has 0 radical (unpaired) electrons. The van der Waals surface area contributed by atoms with Gasteiger partial charge < -0.3 is 10.6 Å². The summed E-state index contributed by atoms with van der Waals surface area (Å²) in [4.78, 5) is 16.7. The standard InChI is InChI=1S/C12H23N3O/c1-12(2)6-7-14(3)10(8-13)11(16)15(12)9-4-5-9/h9-10H,4-8,13H2,1-3H3. The molecule has 1 atom stereocenters. The highest BCUT2D eigenvalue weighted by atomic mass is 16.2. The van der Waals surface area contributed by atoms with Gasteiger partial charge in [0, 0.05) is 24.7 Å². The highest BCUT2D eigenvalue weighted by Crippen LogP contribution is 2.36. The largest absolute Gasteiger partial charge is 0.333 e. The van der Waals surface area contributed by atoms with Crippen LogP contribution in [0, 0.1) is 0 Å². The number of nitrogens with zero attached hydrogens (tertiary/aromatic N) is 2. The summed E-state index contributed by atoms with van der Waals surface area (Å²) in [6.45, 7) is 5.73. The molecule has 16 heavy (non-hydrogen) atoms. The molecule has 0 aromatic carbocycles. The number of amides is 1. The lowest BCUT2D eigenvalue weighted by Crippen LogP contribution is -2.54. The van der Waals surface area contributed by atoms with Gasteiger partial charge in [-0.05, 0) is 40.2 Å². The average Bonchev–Trinajstić information content (AvgIpc) is 2.99. The van der Waals surface area contributed by atoms with Crippen LogP contribution in [0.15, 0.2) is 0 Å². The molecule has 2 aliphatic rings. The summed E-state index contributed by atoms with van der Waals surface area (Å²) in [7, 11) is 2.00. The second-order valence-electron chi connectivity index (χ2n) is 5.73. The molecule has 1 amide bonds. The zero-order valence-electron chi connectivity index (χ0n) is 10.6. The molecule has 1 aliphatic heterocycles. The maximum Gasteiger partial charge on any atom is 0.241 e. The second kappa shape index (κ2) is 4.00. The van der Waals surface area contributed by atoms with Gasteiger partial charge in [0.25, 0.3) is 0 Å². The Morgan fingerprint density at radius 2 is 2.06 bits per heavy atom. The Kier molecular flexibility index (Phi) is 2.97. The van der Waals surface area contributed by atoms with Crippen molar-refractivity contribution in [2.75, 3.05) is 20.1 Å². The highest BCUT2D eigenvalue weighted by molar-refractivity contribution is 5.83. The summed E-state index contributed by atoms with van der Waals surface area (Å²) >= 11 is 0. The Labute approximate surface area is 97.8 Å². The summed E-state index contributed by atoms with van der Waals surface area (Å²) in [5, 5.41) is 0. The smallest absolute Gasteiger partial charge is 0.241 e. The lowest BCUT2D eigenvalue weighted by atomic mass is 9.98. The highest BCUT2D eigenvalue weighted by Gasteiger charge is 2.46. The van der Waals surface area contributed by atoms with Gasteiger partial charge in [0.15, 0.2) is 0 Å². The lowest BCUT2D eigenvalue weighted by Gasteiger charge is -2.38. The van der Waals surface area contributed by atoms with Gasteiger partial charge in [-0.1, -0.05) is 0 Å². The summed E-state index contributed by atoms with van der Waals surface area (Å²) in [5.74, 6) is 0.231. The van der Waals surface area contributed by atoms with Crippen molar-refractivity contribution in [3.8, 4) is 0 Å². The second-order valence-corrected chi connectivity index (χ2v) is 5.73. The van der Waals surface area contributed by atoms with E-state index in [-0.39, 0.29) is 17.5 Å². The van der Waals surface area contributed by atoms with Gasteiger partial charge in [0.05, 0.1) is 0 Å². The quantitative estimate of drug-likeness (QED) is 0.741. The third kappa shape index (κ3) is 1.96. The van der Waals surface area contributed by atoms with Crippen molar-refractivity contribution < 1.29 is 4.79 Å². The van der Waals surface area contributed by atoms with E-state index in [1.165, 1.54) is 0 Å². The molecule has 0 bridgehead atoms. The van der Waals surface area contributed by atoms with E-state index >= 15 is 0 Å². The summed E-state index contributed by atoms with van der Waals surface area (Å²) in [6, 6.07) is 0.352. The number of carbonyl (C=O) groups excluding carboxylic acids is 1. The average molecular weight is 225 g/mol. The fourth-order valence-electron chi connectivity index (χ4n) is 2.66. The summed E-state index contributed by atoms with van der Waals surface area (Å²) in [6.07, 6.45) is 3.36. The van der Waals surface area contributed by atoms with Gasteiger partial charge in [-0.15, -0.1) is 0 Å². The molecule has 4 nitrogen and oxygen atoms in total. The van der Waals surface area contributed by atoms with Crippen molar-refractivity contribution in [2.45, 2.75) is 50.7 Å². The molecular weight excluding hydrogens is 202 g/mol. The normalized spacial score (nSPS) is 31.6. The molecule has 1 unspecified atom stereocenters. The van der Waals surface area contributed by atoms with Gasteiger partial charge in [-0.25, -0.2) is 0 Å². The van der Waals surface area contributed by atoms with E-state index in [0.717, 1.165) is 25.8 Å². The first-order valence-electron chi connectivity index (χ1n) is 6.21. The zero-order valence-corrected chi connectivity index (χ0v) is 10.6. The zero-order chi connectivity index (χ0) is 11.9. The Morgan fingerprint density at radius 3 is 2.56 bits per heavy atom. The van der Waals surface area contributed by atoms with Crippen LogP contribution in [0.4, 0.5) is 0 Å². The minimum Gasteiger partial charge on any atom is -0.333 e. The molecule has 1 saturated heterocycles. The van der Waals surface area contributed by atoms with E-state index in [1.54, 1.807) is 0 Å². The molecule has 1 aliphatic carbocycles. The predicted molar refractivity (Wildman–Crippen MR) is 64.0 cm³/mol. The molecule has 2 fully saturated rings. The van der Waals surface area contributed by atoms with Crippen LogP contribution in [0.3, 0.4) is 0 Å². The molecule has 0 aromatic rings. The van der Waals surface area contributed by atoms with Crippen LogP contribution in [-0.2, 0) is 4.79 Å². The maximum atomic E-state index is 12.5. The van der Waals surface area contributed by atoms with E-state index in [9.17, 15) is 4.79 Å². The van der Waals surface area contributed by atoms with Gasteiger partial charge >= 0.3 is 0 Å². The van der Waals surface area contributed by atoms with Crippen molar-refractivity contribution in [1.29, 1.82) is 0 Å². The van der Waals surface area contributed by atoms with E-state index in [2.05, 4.69) is 23.6 Å². The molecular formula is C12H23N3O. The molecule has 0 aromatic heterocycles. The lowest BCUT2D eigenvalue weighted by molar-refractivity contribution is -0.139. The van der Waals surface area contributed by atoms with Crippen LogP contribution in [0.25, 0.3) is 0 Å². The van der Waals surface area contributed by atoms with Gasteiger partial charge in [0.2, 0.25) is 5.91 Å². The Balaban J connectivity index is 2.26. The number of hydrogen-bond donors (Lipinski definition) is 1. The van der Waals surface area contributed by atoms with Crippen molar-refractivity contribution in [2.24, 2.45) is 5.73 Å². The molecule has 1 heterocycles. The van der Waals surface area contributed by atoms with E-state index < -0.39 is 0 Å². The predicted octanol–water partition coefficient (Wildman–Crippen LogP) is 0.419. The van der Waals surface area contributed by atoms with Crippen molar-refractivity contribution in [1.82, 2.24) is 9.80 Å². The van der Waals surface area contributed by atoms with Crippen LogP contribution in [0.2, 0.25) is 0 Å². The van der Waals surface area contributed by atoms with E-state index in [4.69, 9.17) is 5.73 Å². The number of carbonyl (C=O) groups is 1. The number of hydrogen-bond acceptors (Lipinski definition) is 3. The molecule has 92 valence electrons. The first-order valence-corrected chi connectivity index (χ1v) is 6.21. The first kappa shape index (κ1) is 11.9. The Hall–Kier alpha value is -0.610. The minimum atomic E-state index is -0.123. The monoisotopic (exact) mass is 225 g/mol. The number of rotatable bonds is 2.